The zero-order valence-corrected chi connectivity index (χ0v) is 13.0. The normalized spacial score (nSPS) is 12.7. The van der Waals surface area contributed by atoms with Gasteiger partial charge in [-0.2, -0.15) is 0 Å². The van der Waals surface area contributed by atoms with E-state index in [0.717, 1.165) is 17.4 Å². The summed E-state index contributed by atoms with van der Waals surface area (Å²) in [6, 6.07) is 3.82. The number of aliphatic carboxylic acids is 1. The average molecular weight is 313 g/mol. The Hall–Kier alpha value is -1.89. The van der Waals surface area contributed by atoms with Crippen molar-refractivity contribution in [2.24, 2.45) is 0 Å². The number of benzene rings is 1. The Morgan fingerprint density at radius 2 is 1.86 bits per heavy atom. The van der Waals surface area contributed by atoms with Crippen LogP contribution in [0, 0.1) is 13.8 Å². The van der Waals surface area contributed by atoms with Gasteiger partial charge in [0.05, 0.1) is 5.75 Å². The molecule has 0 saturated heterocycles. The number of carboxylic acids is 1. The van der Waals surface area contributed by atoms with Gasteiger partial charge in [-0.1, -0.05) is 6.07 Å². The number of amides is 1. The Morgan fingerprint density at radius 3 is 2.33 bits per heavy atom. The van der Waals surface area contributed by atoms with E-state index in [1.165, 1.54) is 0 Å². The van der Waals surface area contributed by atoms with Crippen molar-refractivity contribution in [3.05, 3.63) is 34.9 Å². The van der Waals surface area contributed by atoms with Crippen LogP contribution >= 0.6 is 0 Å². The molecule has 0 aliphatic heterocycles. The highest BCUT2D eigenvalue weighted by atomic mass is 32.2. The lowest BCUT2D eigenvalue weighted by Crippen LogP contribution is -2.41. The van der Waals surface area contributed by atoms with Crippen LogP contribution in [0.5, 0.6) is 0 Å². The Kier molecular flexibility index (Phi) is 5.48. The lowest BCUT2D eigenvalue weighted by molar-refractivity contribution is -0.139. The molecule has 1 unspecified atom stereocenters. The van der Waals surface area contributed by atoms with Crippen LogP contribution in [-0.4, -0.2) is 43.5 Å². The quantitative estimate of drug-likeness (QED) is 0.813. The molecule has 0 bridgehead atoms. The third kappa shape index (κ3) is 5.55. The lowest BCUT2D eigenvalue weighted by Gasteiger charge is -2.14. The van der Waals surface area contributed by atoms with Crippen LogP contribution < -0.4 is 5.32 Å². The van der Waals surface area contributed by atoms with E-state index in [4.69, 9.17) is 5.11 Å². The van der Waals surface area contributed by atoms with Gasteiger partial charge in [0.1, 0.15) is 15.9 Å². The van der Waals surface area contributed by atoms with Crippen LogP contribution in [-0.2, 0) is 14.6 Å². The first kappa shape index (κ1) is 17.2. The number of sulfone groups is 1. The second-order valence-corrected chi connectivity index (χ2v) is 7.34. The molecule has 0 radical (unpaired) electrons. The number of carbonyl (C=O) groups excluding carboxylic acids is 1. The molecule has 0 heterocycles. The number of aryl methyl sites for hydroxylation is 2. The van der Waals surface area contributed by atoms with Crippen LogP contribution in [0.4, 0.5) is 0 Å². The van der Waals surface area contributed by atoms with E-state index in [2.05, 4.69) is 5.32 Å². The Balaban J connectivity index is 2.81. The molecule has 1 atom stereocenters. The second kappa shape index (κ2) is 6.71. The topological polar surface area (TPSA) is 101 Å². The van der Waals surface area contributed by atoms with Gasteiger partial charge in [-0.25, -0.2) is 13.2 Å². The van der Waals surface area contributed by atoms with Gasteiger partial charge < -0.3 is 10.4 Å². The van der Waals surface area contributed by atoms with Crippen LogP contribution in [0.25, 0.3) is 0 Å². The van der Waals surface area contributed by atoms with Crippen LogP contribution in [0.15, 0.2) is 18.2 Å². The van der Waals surface area contributed by atoms with Crippen LogP contribution in [0.2, 0.25) is 0 Å². The molecule has 0 aliphatic rings. The number of hydrogen-bond acceptors (Lipinski definition) is 4. The second-order valence-electron chi connectivity index (χ2n) is 5.08. The SMILES string of the molecule is Cc1ccc(C(=O)NC(CCS(C)(=O)=O)C(=O)O)cc1C. The van der Waals surface area contributed by atoms with Crippen molar-refractivity contribution in [2.75, 3.05) is 12.0 Å². The highest BCUT2D eigenvalue weighted by Crippen LogP contribution is 2.10. The van der Waals surface area contributed by atoms with Crippen molar-refractivity contribution in [3.63, 3.8) is 0 Å². The molecule has 2 N–H and O–H groups in total. The molecule has 7 heteroatoms. The fourth-order valence-electron chi connectivity index (χ4n) is 1.71. The molecule has 21 heavy (non-hydrogen) atoms. The average Bonchev–Trinajstić information content (AvgIpc) is 2.36. The number of carbonyl (C=O) groups is 2. The number of nitrogens with one attached hydrogen (secondary N) is 1. The first-order chi connectivity index (χ1) is 9.60. The molecule has 1 aromatic rings. The molecule has 0 aliphatic carbocycles. The molecule has 0 aromatic heterocycles. The maximum Gasteiger partial charge on any atom is 0.326 e. The molecule has 0 fully saturated rings. The van der Waals surface area contributed by atoms with Gasteiger partial charge in [0, 0.05) is 11.8 Å². The lowest BCUT2D eigenvalue weighted by atomic mass is 10.1. The number of hydrogen-bond donors (Lipinski definition) is 2. The monoisotopic (exact) mass is 313 g/mol. The van der Waals surface area contributed by atoms with E-state index >= 15 is 0 Å². The molecule has 0 saturated carbocycles. The molecule has 0 spiro atoms. The summed E-state index contributed by atoms with van der Waals surface area (Å²) in [5, 5.41) is 11.4. The van der Waals surface area contributed by atoms with Crippen molar-refractivity contribution in [1.29, 1.82) is 0 Å². The molecular formula is C14H19NO5S. The van der Waals surface area contributed by atoms with E-state index in [0.29, 0.717) is 5.56 Å². The summed E-state index contributed by atoms with van der Waals surface area (Å²) < 4.78 is 22.2. The Bertz CT molecular complexity index is 651. The largest absolute Gasteiger partial charge is 0.480 e. The molecular weight excluding hydrogens is 294 g/mol. The van der Waals surface area contributed by atoms with Gasteiger partial charge in [-0.3, -0.25) is 4.79 Å². The van der Waals surface area contributed by atoms with Crippen molar-refractivity contribution >= 4 is 21.7 Å². The summed E-state index contributed by atoms with van der Waals surface area (Å²) in [5.74, 6) is -2.08. The summed E-state index contributed by atoms with van der Waals surface area (Å²) in [6.45, 7) is 3.76. The summed E-state index contributed by atoms with van der Waals surface area (Å²) >= 11 is 0. The molecule has 1 rings (SSSR count). The van der Waals surface area contributed by atoms with Gasteiger partial charge in [-0.15, -0.1) is 0 Å². The number of carboxylic acid groups (broad SMARTS) is 1. The predicted molar refractivity (Wildman–Crippen MR) is 79.1 cm³/mol. The van der Waals surface area contributed by atoms with Crippen LogP contribution in [0.1, 0.15) is 27.9 Å². The van der Waals surface area contributed by atoms with E-state index in [1.807, 2.05) is 13.8 Å². The van der Waals surface area contributed by atoms with Gasteiger partial charge in [0.25, 0.3) is 5.91 Å². The predicted octanol–water partition coefficient (Wildman–Crippen LogP) is 0.921. The molecule has 1 aromatic carbocycles. The standard InChI is InChI=1S/C14H19NO5S/c1-9-4-5-11(8-10(9)2)13(16)15-12(14(17)18)6-7-21(3,19)20/h4-5,8,12H,6-7H2,1-3H3,(H,15,16)(H,17,18). The minimum Gasteiger partial charge on any atom is -0.480 e. The van der Waals surface area contributed by atoms with Gasteiger partial charge in [-0.05, 0) is 43.5 Å². The van der Waals surface area contributed by atoms with E-state index in [1.54, 1.807) is 18.2 Å². The Morgan fingerprint density at radius 1 is 1.24 bits per heavy atom. The highest BCUT2D eigenvalue weighted by molar-refractivity contribution is 7.90. The Labute approximate surface area is 124 Å². The van der Waals surface area contributed by atoms with Gasteiger partial charge >= 0.3 is 5.97 Å². The van der Waals surface area contributed by atoms with E-state index in [-0.39, 0.29) is 12.2 Å². The fourth-order valence-corrected chi connectivity index (χ4v) is 2.38. The van der Waals surface area contributed by atoms with E-state index < -0.39 is 27.8 Å². The number of rotatable bonds is 6. The maximum atomic E-state index is 12.0. The molecule has 6 nitrogen and oxygen atoms in total. The first-order valence-electron chi connectivity index (χ1n) is 6.39. The van der Waals surface area contributed by atoms with E-state index in [9.17, 15) is 18.0 Å². The third-order valence-corrected chi connectivity index (χ3v) is 4.13. The van der Waals surface area contributed by atoms with Gasteiger partial charge in [0.2, 0.25) is 0 Å². The summed E-state index contributed by atoms with van der Waals surface area (Å²) in [5.41, 5.74) is 2.30. The molecule has 116 valence electrons. The zero-order valence-electron chi connectivity index (χ0n) is 12.2. The molecule has 1 amide bonds. The zero-order chi connectivity index (χ0) is 16.2. The van der Waals surface area contributed by atoms with Crippen LogP contribution in [0.3, 0.4) is 0 Å². The van der Waals surface area contributed by atoms with Crippen molar-refractivity contribution in [1.82, 2.24) is 5.32 Å². The first-order valence-corrected chi connectivity index (χ1v) is 8.45. The maximum absolute atomic E-state index is 12.0. The third-order valence-electron chi connectivity index (χ3n) is 3.15. The summed E-state index contributed by atoms with van der Waals surface area (Å²) in [6.07, 6.45) is 0.863. The van der Waals surface area contributed by atoms with Crippen molar-refractivity contribution < 1.29 is 23.1 Å². The minimum absolute atomic E-state index is 0.162. The van der Waals surface area contributed by atoms with Crippen molar-refractivity contribution in [3.8, 4) is 0 Å². The summed E-state index contributed by atoms with van der Waals surface area (Å²) in [7, 11) is -3.28. The highest BCUT2D eigenvalue weighted by Gasteiger charge is 2.22. The smallest absolute Gasteiger partial charge is 0.326 e. The van der Waals surface area contributed by atoms with Crippen molar-refractivity contribution in [2.45, 2.75) is 26.3 Å². The van der Waals surface area contributed by atoms with Gasteiger partial charge in [0.15, 0.2) is 0 Å². The minimum atomic E-state index is -3.28. The fraction of sp³-hybridized carbons (Fsp3) is 0.429. The summed E-state index contributed by atoms with van der Waals surface area (Å²) in [4.78, 5) is 23.1.